The Balaban J connectivity index is 2.13. The van der Waals surface area contributed by atoms with Gasteiger partial charge in [-0.05, 0) is 43.2 Å². The van der Waals surface area contributed by atoms with Crippen molar-refractivity contribution in [1.82, 2.24) is 4.72 Å². The summed E-state index contributed by atoms with van der Waals surface area (Å²) in [6.07, 6.45) is 0.0797. The molecule has 0 saturated heterocycles. The predicted molar refractivity (Wildman–Crippen MR) is 91.8 cm³/mol. The first kappa shape index (κ1) is 18.9. The van der Waals surface area contributed by atoms with Gasteiger partial charge >= 0.3 is 0 Å². The fourth-order valence-electron chi connectivity index (χ4n) is 2.03. The van der Waals surface area contributed by atoms with E-state index >= 15 is 0 Å². The Morgan fingerprint density at radius 3 is 2.46 bits per heavy atom. The normalized spacial score (nSPS) is 11.9. The van der Waals surface area contributed by atoms with Crippen molar-refractivity contribution in [2.24, 2.45) is 0 Å². The molecule has 0 amide bonds. The number of sulfonamides is 1. The van der Waals surface area contributed by atoms with Gasteiger partial charge in [-0.15, -0.1) is 0 Å². The highest BCUT2D eigenvalue weighted by Gasteiger charge is 2.16. The first-order valence-corrected chi connectivity index (χ1v) is 9.29. The van der Waals surface area contributed by atoms with E-state index in [-0.39, 0.29) is 22.6 Å². The molecular formula is C17H19ClFNO3S. The summed E-state index contributed by atoms with van der Waals surface area (Å²) in [6, 6.07) is 10.7. The molecule has 7 heteroatoms. The van der Waals surface area contributed by atoms with Gasteiger partial charge in [0.15, 0.2) is 0 Å². The second-order valence-electron chi connectivity index (χ2n) is 5.53. The summed E-state index contributed by atoms with van der Waals surface area (Å²) in [5, 5.41) is -0.233. The third-order valence-corrected chi connectivity index (χ3v) is 5.03. The quantitative estimate of drug-likeness (QED) is 0.803. The molecule has 2 rings (SSSR count). The van der Waals surface area contributed by atoms with Crippen LogP contribution in [0, 0.1) is 5.82 Å². The van der Waals surface area contributed by atoms with Crippen molar-refractivity contribution in [3.8, 4) is 0 Å². The molecule has 24 heavy (non-hydrogen) atoms. The lowest BCUT2D eigenvalue weighted by Crippen LogP contribution is -2.24. The molecule has 1 N–H and O–H groups in total. The Kier molecular flexibility index (Phi) is 6.34. The van der Waals surface area contributed by atoms with Crippen LogP contribution in [0.4, 0.5) is 4.39 Å². The average molecular weight is 372 g/mol. The zero-order valence-electron chi connectivity index (χ0n) is 13.4. The third kappa shape index (κ3) is 5.01. The highest BCUT2D eigenvalue weighted by molar-refractivity contribution is 7.89. The van der Waals surface area contributed by atoms with Crippen LogP contribution >= 0.6 is 11.6 Å². The summed E-state index contributed by atoms with van der Waals surface area (Å²) >= 11 is 5.65. The number of hydrogen-bond acceptors (Lipinski definition) is 3. The van der Waals surface area contributed by atoms with Gasteiger partial charge in [0.05, 0.1) is 22.6 Å². The lowest BCUT2D eigenvalue weighted by molar-refractivity contribution is 0.0652. The Labute approximate surface area is 146 Å². The van der Waals surface area contributed by atoms with E-state index in [4.69, 9.17) is 16.3 Å². The number of ether oxygens (including phenoxy) is 1. The Morgan fingerprint density at radius 1 is 1.17 bits per heavy atom. The molecule has 0 atom stereocenters. The largest absolute Gasteiger partial charge is 0.374 e. The van der Waals surface area contributed by atoms with E-state index in [1.54, 1.807) is 0 Å². The van der Waals surface area contributed by atoms with Crippen LogP contribution in [0.25, 0.3) is 0 Å². The molecule has 0 aliphatic rings. The molecule has 0 unspecified atom stereocenters. The van der Waals surface area contributed by atoms with Gasteiger partial charge in [0, 0.05) is 6.54 Å². The molecule has 130 valence electrons. The van der Waals surface area contributed by atoms with Crippen molar-refractivity contribution < 1.29 is 17.5 Å². The molecule has 0 aliphatic heterocycles. The first-order chi connectivity index (χ1) is 11.3. The summed E-state index contributed by atoms with van der Waals surface area (Å²) in [7, 11) is -3.79. The Morgan fingerprint density at radius 2 is 1.83 bits per heavy atom. The van der Waals surface area contributed by atoms with E-state index in [0.717, 1.165) is 23.3 Å². The van der Waals surface area contributed by atoms with Crippen LogP contribution in [0.3, 0.4) is 0 Å². The van der Waals surface area contributed by atoms with Crippen LogP contribution in [-0.2, 0) is 27.9 Å². The van der Waals surface area contributed by atoms with Gasteiger partial charge in [-0.2, -0.15) is 0 Å². The van der Waals surface area contributed by atoms with Gasteiger partial charge in [0.2, 0.25) is 10.0 Å². The molecule has 2 aromatic carbocycles. The Hall–Kier alpha value is -1.47. The van der Waals surface area contributed by atoms with E-state index < -0.39 is 15.8 Å². The van der Waals surface area contributed by atoms with Crippen molar-refractivity contribution in [2.75, 3.05) is 0 Å². The molecular weight excluding hydrogens is 353 g/mol. The van der Waals surface area contributed by atoms with Crippen molar-refractivity contribution in [2.45, 2.75) is 38.0 Å². The van der Waals surface area contributed by atoms with E-state index in [1.807, 2.05) is 38.1 Å². The van der Waals surface area contributed by atoms with E-state index in [1.165, 1.54) is 6.07 Å². The fraction of sp³-hybridized carbons (Fsp3) is 0.294. The second kappa shape index (κ2) is 8.07. The molecule has 4 nitrogen and oxygen atoms in total. The minimum atomic E-state index is -3.79. The molecule has 0 fully saturated rings. The van der Waals surface area contributed by atoms with Crippen LogP contribution in [0.1, 0.15) is 25.0 Å². The topological polar surface area (TPSA) is 55.4 Å². The SMILES string of the molecule is CC(C)OCc1ccccc1CNS(=O)(=O)c1ccc(F)c(Cl)c1. The number of benzene rings is 2. The summed E-state index contributed by atoms with van der Waals surface area (Å²) in [5.41, 5.74) is 1.72. The standard InChI is InChI=1S/C17H19ClFNO3S/c1-12(2)23-11-14-6-4-3-5-13(14)10-20-24(21,22)15-7-8-17(19)16(18)9-15/h3-9,12,20H,10-11H2,1-2H3. The van der Waals surface area contributed by atoms with Crippen molar-refractivity contribution in [3.05, 3.63) is 64.4 Å². The molecule has 0 radical (unpaired) electrons. The van der Waals surface area contributed by atoms with Crippen LogP contribution < -0.4 is 4.72 Å². The van der Waals surface area contributed by atoms with Gasteiger partial charge in [0.25, 0.3) is 0 Å². The number of halogens is 2. The highest BCUT2D eigenvalue weighted by Crippen LogP contribution is 2.20. The predicted octanol–water partition coefficient (Wildman–Crippen LogP) is 3.88. The maximum Gasteiger partial charge on any atom is 0.240 e. The number of hydrogen-bond donors (Lipinski definition) is 1. The van der Waals surface area contributed by atoms with Crippen molar-refractivity contribution in [1.29, 1.82) is 0 Å². The smallest absolute Gasteiger partial charge is 0.240 e. The number of nitrogens with one attached hydrogen (secondary N) is 1. The van der Waals surface area contributed by atoms with Gasteiger partial charge in [-0.3, -0.25) is 0 Å². The van der Waals surface area contributed by atoms with Crippen LogP contribution in [-0.4, -0.2) is 14.5 Å². The first-order valence-electron chi connectivity index (χ1n) is 7.42. The fourth-order valence-corrected chi connectivity index (χ4v) is 3.30. The maximum atomic E-state index is 13.2. The van der Waals surface area contributed by atoms with E-state index in [0.29, 0.717) is 6.61 Å². The molecule has 0 heterocycles. The summed E-state index contributed by atoms with van der Waals surface area (Å²) < 4.78 is 45.9. The molecule has 0 bridgehead atoms. The molecule has 0 aromatic heterocycles. The zero-order chi connectivity index (χ0) is 17.7. The highest BCUT2D eigenvalue weighted by atomic mass is 35.5. The lowest BCUT2D eigenvalue weighted by atomic mass is 10.1. The molecule has 0 aliphatic carbocycles. The van der Waals surface area contributed by atoms with Crippen LogP contribution in [0.15, 0.2) is 47.4 Å². The molecule has 2 aromatic rings. The van der Waals surface area contributed by atoms with Gasteiger partial charge in [0.1, 0.15) is 5.82 Å². The Bertz CT molecular complexity index is 809. The average Bonchev–Trinajstić information content (AvgIpc) is 2.54. The summed E-state index contributed by atoms with van der Waals surface area (Å²) in [6.45, 7) is 4.38. The third-order valence-electron chi connectivity index (χ3n) is 3.34. The lowest BCUT2D eigenvalue weighted by Gasteiger charge is -2.13. The summed E-state index contributed by atoms with van der Waals surface area (Å²) in [4.78, 5) is -0.0789. The van der Waals surface area contributed by atoms with Crippen LogP contribution in [0.5, 0.6) is 0 Å². The van der Waals surface area contributed by atoms with E-state index in [2.05, 4.69) is 4.72 Å². The summed E-state index contributed by atoms with van der Waals surface area (Å²) in [5.74, 6) is -0.660. The minimum absolute atomic E-state index is 0.0789. The van der Waals surface area contributed by atoms with Crippen molar-refractivity contribution >= 4 is 21.6 Å². The van der Waals surface area contributed by atoms with Crippen LogP contribution in [0.2, 0.25) is 5.02 Å². The van der Waals surface area contributed by atoms with Gasteiger partial charge in [-0.25, -0.2) is 17.5 Å². The van der Waals surface area contributed by atoms with Gasteiger partial charge < -0.3 is 4.74 Å². The molecule has 0 saturated carbocycles. The maximum absolute atomic E-state index is 13.2. The minimum Gasteiger partial charge on any atom is -0.374 e. The number of rotatable bonds is 7. The zero-order valence-corrected chi connectivity index (χ0v) is 15.0. The monoisotopic (exact) mass is 371 g/mol. The van der Waals surface area contributed by atoms with Gasteiger partial charge in [-0.1, -0.05) is 35.9 Å². The molecule has 0 spiro atoms. The van der Waals surface area contributed by atoms with Crippen molar-refractivity contribution in [3.63, 3.8) is 0 Å². The second-order valence-corrected chi connectivity index (χ2v) is 7.70. The van der Waals surface area contributed by atoms with E-state index in [9.17, 15) is 12.8 Å².